The monoisotopic (exact) mass is 442 g/mol. The van der Waals surface area contributed by atoms with Gasteiger partial charge in [0.1, 0.15) is 17.8 Å². The van der Waals surface area contributed by atoms with E-state index in [1.54, 1.807) is 37.4 Å². The maximum Gasteiger partial charge on any atom is 0.418 e. The number of amides is 1. The van der Waals surface area contributed by atoms with Crippen molar-refractivity contribution >= 4 is 17.1 Å². The van der Waals surface area contributed by atoms with Crippen LogP contribution in [0.5, 0.6) is 5.75 Å². The number of carbonyl (C=O) groups is 1. The van der Waals surface area contributed by atoms with Crippen LogP contribution in [0.2, 0.25) is 0 Å². The van der Waals surface area contributed by atoms with Gasteiger partial charge in [-0.1, -0.05) is 12.1 Å². The zero-order valence-electron chi connectivity index (χ0n) is 16.8. The van der Waals surface area contributed by atoms with Gasteiger partial charge in [0.2, 0.25) is 5.91 Å². The molecule has 2 aromatic carbocycles. The van der Waals surface area contributed by atoms with Crippen LogP contribution in [0.3, 0.4) is 0 Å². The number of hydrogen-bond acceptors (Lipinski definition) is 4. The largest absolute Gasteiger partial charge is 0.497 e. The van der Waals surface area contributed by atoms with Crippen LogP contribution in [-0.2, 0) is 17.5 Å². The summed E-state index contributed by atoms with van der Waals surface area (Å²) < 4.78 is 47.0. The van der Waals surface area contributed by atoms with Gasteiger partial charge in [-0.15, -0.1) is 0 Å². The lowest BCUT2D eigenvalue weighted by Crippen LogP contribution is -2.28. The Morgan fingerprint density at radius 3 is 2.50 bits per heavy atom. The number of anilines is 1. The Morgan fingerprint density at radius 2 is 1.81 bits per heavy atom. The Morgan fingerprint density at radius 1 is 1.09 bits per heavy atom. The van der Waals surface area contributed by atoms with Gasteiger partial charge in [0.25, 0.3) is 5.56 Å². The molecule has 10 heteroatoms. The number of methoxy groups -OCH3 is 1. The van der Waals surface area contributed by atoms with E-state index in [4.69, 9.17) is 4.74 Å². The number of rotatable bonds is 5. The van der Waals surface area contributed by atoms with Crippen molar-refractivity contribution in [3.8, 4) is 17.0 Å². The molecule has 0 aliphatic rings. The molecule has 0 spiro atoms. The van der Waals surface area contributed by atoms with Crippen molar-refractivity contribution in [3.05, 3.63) is 82.9 Å². The second-order valence-corrected chi connectivity index (χ2v) is 6.91. The number of benzene rings is 2. The van der Waals surface area contributed by atoms with E-state index in [0.29, 0.717) is 11.4 Å². The summed E-state index contributed by atoms with van der Waals surface area (Å²) >= 11 is 0. The van der Waals surface area contributed by atoms with Crippen molar-refractivity contribution in [3.63, 3.8) is 0 Å². The zero-order valence-corrected chi connectivity index (χ0v) is 16.8. The molecule has 0 aliphatic heterocycles. The molecule has 0 saturated heterocycles. The minimum atomic E-state index is -4.62. The molecule has 32 heavy (non-hydrogen) atoms. The second-order valence-electron chi connectivity index (χ2n) is 6.91. The lowest BCUT2D eigenvalue weighted by atomic mass is 10.1. The van der Waals surface area contributed by atoms with Crippen LogP contribution >= 0.6 is 0 Å². The Bertz CT molecular complexity index is 1340. The molecule has 1 N–H and O–H groups in total. The number of aromatic nitrogens is 3. The highest BCUT2D eigenvalue weighted by Gasteiger charge is 2.33. The molecular formula is C22H17F3N4O3. The third-order valence-electron chi connectivity index (χ3n) is 4.81. The Balaban J connectivity index is 1.58. The van der Waals surface area contributed by atoms with Gasteiger partial charge in [-0.05, 0) is 42.5 Å². The molecule has 4 aromatic rings. The molecule has 4 rings (SSSR count). The Kier molecular flexibility index (Phi) is 5.43. The molecule has 7 nitrogen and oxygen atoms in total. The summed E-state index contributed by atoms with van der Waals surface area (Å²) in [6, 6.07) is 13.4. The summed E-state index contributed by atoms with van der Waals surface area (Å²) in [6.07, 6.45) is -1.76. The van der Waals surface area contributed by atoms with Gasteiger partial charge in [-0.2, -0.15) is 18.3 Å². The van der Waals surface area contributed by atoms with Crippen LogP contribution < -0.4 is 15.6 Å². The summed E-state index contributed by atoms with van der Waals surface area (Å²) in [4.78, 5) is 25.2. The van der Waals surface area contributed by atoms with E-state index < -0.39 is 29.8 Å². The number of ether oxygens (including phenoxy) is 1. The number of para-hydroxylation sites is 1. The molecule has 2 heterocycles. The number of carbonyl (C=O) groups excluding carboxylic acids is 1. The number of alkyl halides is 3. The van der Waals surface area contributed by atoms with Gasteiger partial charge in [0.05, 0.1) is 24.1 Å². The van der Waals surface area contributed by atoms with Crippen LogP contribution in [0, 0.1) is 0 Å². The van der Waals surface area contributed by atoms with Crippen LogP contribution in [-0.4, -0.2) is 27.2 Å². The van der Waals surface area contributed by atoms with Crippen LogP contribution in [0.1, 0.15) is 5.56 Å². The molecule has 0 fully saturated rings. The lowest BCUT2D eigenvalue weighted by Gasteiger charge is -2.14. The molecule has 0 bridgehead atoms. The summed E-state index contributed by atoms with van der Waals surface area (Å²) in [6.45, 7) is -0.454. The van der Waals surface area contributed by atoms with Crippen LogP contribution in [0.15, 0.2) is 71.8 Å². The average Bonchev–Trinajstić information content (AvgIpc) is 3.21. The van der Waals surface area contributed by atoms with Crippen molar-refractivity contribution in [1.29, 1.82) is 0 Å². The topological polar surface area (TPSA) is 77.6 Å². The SMILES string of the molecule is COc1ccc(-c2cc3c(=O)n(CC(=O)Nc4ccccc4C(F)(F)F)ccn3n2)cc1. The highest BCUT2D eigenvalue weighted by Crippen LogP contribution is 2.34. The molecule has 2 aromatic heterocycles. The number of fused-ring (bicyclic) bond motifs is 1. The molecule has 164 valence electrons. The van der Waals surface area contributed by atoms with Crippen molar-refractivity contribution in [2.24, 2.45) is 0 Å². The van der Waals surface area contributed by atoms with Gasteiger partial charge in [-0.3, -0.25) is 9.59 Å². The minimum Gasteiger partial charge on any atom is -0.497 e. The fourth-order valence-corrected chi connectivity index (χ4v) is 3.24. The molecule has 0 radical (unpaired) electrons. The molecule has 1 amide bonds. The van der Waals surface area contributed by atoms with Crippen molar-refractivity contribution in [1.82, 2.24) is 14.2 Å². The summed E-state index contributed by atoms with van der Waals surface area (Å²) in [5, 5.41) is 6.59. The van der Waals surface area contributed by atoms with Gasteiger partial charge < -0.3 is 14.6 Å². The van der Waals surface area contributed by atoms with E-state index in [1.807, 2.05) is 0 Å². The van der Waals surface area contributed by atoms with E-state index >= 15 is 0 Å². The smallest absolute Gasteiger partial charge is 0.418 e. The summed E-state index contributed by atoms with van der Waals surface area (Å²) in [5.41, 5.74) is -0.296. The van der Waals surface area contributed by atoms with Crippen molar-refractivity contribution in [2.45, 2.75) is 12.7 Å². The molecule has 0 aliphatic carbocycles. The van der Waals surface area contributed by atoms with Crippen molar-refractivity contribution in [2.75, 3.05) is 12.4 Å². The molecule has 0 unspecified atom stereocenters. The predicted octanol–water partition coefficient (Wildman–Crippen LogP) is 3.83. The highest BCUT2D eigenvalue weighted by molar-refractivity contribution is 5.91. The highest BCUT2D eigenvalue weighted by atomic mass is 19.4. The fraction of sp³-hybridized carbons (Fsp3) is 0.136. The average molecular weight is 442 g/mol. The van der Waals surface area contributed by atoms with Gasteiger partial charge in [0.15, 0.2) is 0 Å². The lowest BCUT2D eigenvalue weighted by molar-refractivity contribution is -0.137. The molecular weight excluding hydrogens is 425 g/mol. The first-order valence-electron chi connectivity index (χ1n) is 9.45. The first kappa shape index (κ1) is 21.2. The first-order valence-corrected chi connectivity index (χ1v) is 9.45. The van der Waals surface area contributed by atoms with E-state index in [2.05, 4.69) is 10.4 Å². The molecule has 0 saturated carbocycles. The quantitative estimate of drug-likeness (QED) is 0.510. The van der Waals surface area contributed by atoms with Crippen molar-refractivity contribution < 1.29 is 22.7 Å². The number of halogens is 3. The summed E-state index contributed by atoms with van der Waals surface area (Å²) in [5.74, 6) is -0.0824. The van der Waals surface area contributed by atoms with Gasteiger partial charge in [-0.25, -0.2) is 4.52 Å². The normalized spacial score (nSPS) is 11.5. The predicted molar refractivity (Wildman–Crippen MR) is 112 cm³/mol. The van der Waals surface area contributed by atoms with Gasteiger partial charge in [0, 0.05) is 18.0 Å². The van der Waals surface area contributed by atoms with Crippen LogP contribution in [0.4, 0.5) is 18.9 Å². The number of hydrogen-bond donors (Lipinski definition) is 1. The first-order chi connectivity index (χ1) is 15.3. The maximum atomic E-state index is 13.1. The fourth-order valence-electron chi connectivity index (χ4n) is 3.24. The number of nitrogens with one attached hydrogen (secondary N) is 1. The Labute approximate surface area is 179 Å². The zero-order chi connectivity index (χ0) is 22.9. The van der Waals surface area contributed by atoms with E-state index in [0.717, 1.165) is 22.3 Å². The van der Waals surface area contributed by atoms with E-state index in [1.165, 1.54) is 29.0 Å². The minimum absolute atomic E-state index is 0.224. The van der Waals surface area contributed by atoms with Crippen LogP contribution in [0.25, 0.3) is 16.8 Å². The molecule has 0 atom stereocenters. The van der Waals surface area contributed by atoms with E-state index in [9.17, 15) is 22.8 Å². The maximum absolute atomic E-state index is 13.1. The second kappa shape index (κ2) is 8.22. The Hall–Kier alpha value is -4.08. The summed E-state index contributed by atoms with van der Waals surface area (Å²) in [7, 11) is 1.56. The van der Waals surface area contributed by atoms with E-state index in [-0.39, 0.29) is 11.2 Å². The third kappa shape index (κ3) is 4.20. The standard InChI is InChI=1S/C22H17F3N4O3/c1-32-15-8-6-14(7-9-15)18-12-19-21(31)28(10-11-29(19)27-18)13-20(30)26-17-5-3-2-4-16(17)22(23,24)25/h2-12H,13H2,1H3,(H,26,30). The van der Waals surface area contributed by atoms with Gasteiger partial charge >= 0.3 is 6.18 Å². The number of nitrogens with zero attached hydrogens (tertiary/aromatic N) is 3. The third-order valence-corrected chi connectivity index (χ3v) is 4.81.